The molecule has 3 rings (SSSR count). The highest BCUT2D eigenvalue weighted by molar-refractivity contribution is 7.91. The van der Waals surface area contributed by atoms with Crippen LogP contribution < -0.4 is 11.3 Å². The molecule has 6 heteroatoms. The van der Waals surface area contributed by atoms with Crippen molar-refractivity contribution in [2.45, 2.75) is 50.2 Å². The fourth-order valence-electron chi connectivity index (χ4n) is 4.06. The lowest BCUT2D eigenvalue weighted by Gasteiger charge is -2.49. The van der Waals surface area contributed by atoms with Crippen molar-refractivity contribution in [3.63, 3.8) is 0 Å². The minimum absolute atomic E-state index is 0.0928. The van der Waals surface area contributed by atoms with E-state index in [1.807, 2.05) is 0 Å². The Bertz CT molecular complexity index is 433. The highest BCUT2D eigenvalue weighted by atomic mass is 32.2. The van der Waals surface area contributed by atoms with Crippen LogP contribution in [0.2, 0.25) is 0 Å². The monoisotopic (exact) mass is 288 g/mol. The van der Waals surface area contributed by atoms with Gasteiger partial charge in [-0.15, -0.1) is 0 Å². The summed E-state index contributed by atoms with van der Waals surface area (Å²) < 4.78 is 29.2. The molecule has 3 fully saturated rings. The van der Waals surface area contributed by atoms with Crippen molar-refractivity contribution in [2.75, 3.05) is 18.1 Å². The molecule has 2 saturated heterocycles. The minimum atomic E-state index is -2.84. The van der Waals surface area contributed by atoms with E-state index < -0.39 is 9.84 Å². The van der Waals surface area contributed by atoms with E-state index in [0.717, 1.165) is 38.7 Å². The summed E-state index contributed by atoms with van der Waals surface area (Å²) in [4.78, 5) is 0. The SMILES string of the molecule is NNC(C1CCOC2(CCC2)C1)C1CCS(=O)(=O)C1. The van der Waals surface area contributed by atoms with Crippen molar-refractivity contribution in [3.05, 3.63) is 0 Å². The predicted molar refractivity (Wildman–Crippen MR) is 73.1 cm³/mol. The first-order valence-electron chi connectivity index (χ1n) is 7.34. The van der Waals surface area contributed by atoms with Crippen molar-refractivity contribution < 1.29 is 13.2 Å². The zero-order valence-electron chi connectivity index (χ0n) is 11.3. The number of rotatable bonds is 3. The van der Waals surface area contributed by atoms with E-state index in [2.05, 4.69) is 5.43 Å². The molecule has 3 unspecified atom stereocenters. The highest BCUT2D eigenvalue weighted by Gasteiger charge is 2.46. The maximum Gasteiger partial charge on any atom is 0.150 e. The second kappa shape index (κ2) is 4.98. The summed E-state index contributed by atoms with van der Waals surface area (Å²) in [6, 6.07) is 0.124. The number of hydrogen-bond donors (Lipinski definition) is 2. The van der Waals surface area contributed by atoms with Gasteiger partial charge in [-0.1, -0.05) is 0 Å². The Morgan fingerprint density at radius 1 is 1.26 bits per heavy atom. The average molecular weight is 288 g/mol. The summed E-state index contributed by atoms with van der Waals surface area (Å²) in [6.07, 6.45) is 6.35. The van der Waals surface area contributed by atoms with Gasteiger partial charge in [0.05, 0.1) is 17.1 Å². The van der Waals surface area contributed by atoms with E-state index in [0.29, 0.717) is 17.4 Å². The molecule has 0 radical (unpaired) electrons. The van der Waals surface area contributed by atoms with Gasteiger partial charge in [-0.05, 0) is 50.4 Å². The predicted octanol–water partition coefficient (Wildman–Crippen LogP) is 0.602. The number of nitrogens with two attached hydrogens (primary N) is 1. The fourth-order valence-corrected chi connectivity index (χ4v) is 5.91. The van der Waals surface area contributed by atoms with Gasteiger partial charge in [-0.25, -0.2) is 8.42 Å². The van der Waals surface area contributed by atoms with E-state index in [1.54, 1.807) is 0 Å². The molecular weight excluding hydrogens is 264 g/mol. The fraction of sp³-hybridized carbons (Fsp3) is 1.00. The van der Waals surface area contributed by atoms with Gasteiger partial charge in [-0.2, -0.15) is 0 Å². The molecule has 0 bridgehead atoms. The lowest BCUT2D eigenvalue weighted by Crippen LogP contribution is -2.54. The molecule has 3 aliphatic rings. The van der Waals surface area contributed by atoms with Crippen LogP contribution in [-0.2, 0) is 14.6 Å². The third-order valence-electron chi connectivity index (χ3n) is 5.27. The molecule has 5 nitrogen and oxygen atoms in total. The summed E-state index contributed by atoms with van der Waals surface area (Å²) in [5, 5.41) is 0. The standard InChI is InChI=1S/C13H24N2O3S/c14-15-12(11-3-7-19(16,17)9-11)10-2-6-18-13(8-10)4-1-5-13/h10-12,15H,1-9,14H2. The number of hydrogen-bond acceptors (Lipinski definition) is 5. The molecule has 0 aromatic carbocycles. The number of sulfone groups is 1. The van der Waals surface area contributed by atoms with E-state index in [4.69, 9.17) is 10.6 Å². The van der Waals surface area contributed by atoms with Crippen LogP contribution in [0.5, 0.6) is 0 Å². The quantitative estimate of drug-likeness (QED) is 0.587. The Balaban J connectivity index is 1.68. The van der Waals surface area contributed by atoms with E-state index in [1.165, 1.54) is 6.42 Å². The Morgan fingerprint density at radius 2 is 2.05 bits per heavy atom. The summed E-state index contributed by atoms with van der Waals surface area (Å²) >= 11 is 0. The summed E-state index contributed by atoms with van der Waals surface area (Å²) in [5.74, 6) is 6.99. The number of ether oxygens (including phenoxy) is 1. The zero-order valence-corrected chi connectivity index (χ0v) is 12.1. The summed E-state index contributed by atoms with van der Waals surface area (Å²) in [6.45, 7) is 0.794. The molecule has 110 valence electrons. The third kappa shape index (κ3) is 2.68. The van der Waals surface area contributed by atoms with E-state index in [9.17, 15) is 8.42 Å². The van der Waals surface area contributed by atoms with Crippen LogP contribution in [0.15, 0.2) is 0 Å². The van der Waals surface area contributed by atoms with Gasteiger partial charge in [0.1, 0.15) is 0 Å². The highest BCUT2D eigenvalue weighted by Crippen LogP contribution is 2.46. The van der Waals surface area contributed by atoms with Gasteiger partial charge in [0.15, 0.2) is 9.84 Å². The summed E-state index contributed by atoms with van der Waals surface area (Å²) in [7, 11) is -2.84. The first-order valence-corrected chi connectivity index (χ1v) is 9.16. The van der Waals surface area contributed by atoms with E-state index in [-0.39, 0.29) is 17.6 Å². The third-order valence-corrected chi connectivity index (χ3v) is 7.07. The van der Waals surface area contributed by atoms with Gasteiger partial charge in [-0.3, -0.25) is 11.3 Å². The Kier molecular flexibility index (Phi) is 3.62. The molecule has 1 aliphatic carbocycles. The van der Waals surface area contributed by atoms with Crippen molar-refractivity contribution >= 4 is 9.84 Å². The second-order valence-electron chi connectivity index (χ2n) is 6.49. The number of nitrogens with one attached hydrogen (secondary N) is 1. The first kappa shape index (κ1) is 13.8. The van der Waals surface area contributed by atoms with Gasteiger partial charge in [0, 0.05) is 12.6 Å². The topological polar surface area (TPSA) is 81.4 Å². The average Bonchev–Trinajstić information content (AvgIpc) is 2.69. The smallest absolute Gasteiger partial charge is 0.150 e. The van der Waals surface area contributed by atoms with Crippen LogP contribution in [-0.4, -0.2) is 38.2 Å². The van der Waals surface area contributed by atoms with Gasteiger partial charge >= 0.3 is 0 Å². The Labute approximate surface area is 115 Å². The van der Waals surface area contributed by atoms with Gasteiger partial charge in [0.25, 0.3) is 0 Å². The van der Waals surface area contributed by atoms with Crippen LogP contribution in [0.4, 0.5) is 0 Å². The molecule has 3 atom stereocenters. The zero-order chi connectivity index (χ0) is 13.5. The maximum absolute atomic E-state index is 11.6. The first-order chi connectivity index (χ1) is 9.04. The molecule has 2 aliphatic heterocycles. The lowest BCUT2D eigenvalue weighted by molar-refractivity contribution is -0.148. The Hall–Kier alpha value is -0.170. The van der Waals surface area contributed by atoms with E-state index >= 15 is 0 Å². The van der Waals surface area contributed by atoms with Crippen molar-refractivity contribution in [1.82, 2.24) is 5.43 Å². The molecule has 19 heavy (non-hydrogen) atoms. The second-order valence-corrected chi connectivity index (χ2v) is 8.72. The molecule has 2 heterocycles. The van der Waals surface area contributed by atoms with Crippen LogP contribution in [0.1, 0.15) is 38.5 Å². The van der Waals surface area contributed by atoms with Crippen LogP contribution >= 0.6 is 0 Å². The van der Waals surface area contributed by atoms with Gasteiger partial charge in [0.2, 0.25) is 0 Å². The molecule has 1 spiro atoms. The van der Waals surface area contributed by atoms with Crippen LogP contribution in [0.25, 0.3) is 0 Å². The van der Waals surface area contributed by atoms with Crippen molar-refractivity contribution in [2.24, 2.45) is 17.7 Å². The largest absolute Gasteiger partial charge is 0.375 e. The molecular formula is C13H24N2O3S. The normalized spacial score (nSPS) is 37.9. The van der Waals surface area contributed by atoms with Crippen LogP contribution in [0, 0.1) is 11.8 Å². The molecule has 3 N–H and O–H groups in total. The summed E-state index contributed by atoms with van der Waals surface area (Å²) in [5.41, 5.74) is 3.01. The molecule has 1 saturated carbocycles. The molecule has 0 aromatic rings. The maximum atomic E-state index is 11.6. The molecule has 0 aromatic heterocycles. The minimum Gasteiger partial charge on any atom is -0.375 e. The number of hydrazine groups is 1. The molecule has 0 amide bonds. The van der Waals surface area contributed by atoms with Crippen molar-refractivity contribution in [3.8, 4) is 0 Å². The Morgan fingerprint density at radius 3 is 2.58 bits per heavy atom. The lowest BCUT2D eigenvalue weighted by atomic mass is 9.69. The van der Waals surface area contributed by atoms with Gasteiger partial charge < -0.3 is 4.74 Å². The van der Waals surface area contributed by atoms with Crippen molar-refractivity contribution in [1.29, 1.82) is 0 Å². The van der Waals surface area contributed by atoms with Crippen LogP contribution in [0.3, 0.4) is 0 Å².